The smallest absolute Gasteiger partial charge is 0.417 e. The molecule has 0 unspecified atom stereocenters. The maximum absolute atomic E-state index is 16.4. The number of aromatic amines is 1. The normalized spacial score (nSPS) is 16.9. The molecule has 1 fully saturated rings. The molecule has 10 nitrogen and oxygen atoms in total. The Bertz CT molecular complexity index is 1790. The first-order chi connectivity index (χ1) is 22.0. The number of carbonyl (C=O) groups excluding carboxylic acids is 2. The Morgan fingerprint density at radius 2 is 1.83 bits per heavy atom. The van der Waals surface area contributed by atoms with Crippen LogP contribution in [0.1, 0.15) is 41.7 Å². The molecule has 2 amide bonds. The van der Waals surface area contributed by atoms with Gasteiger partial charge >= 0.3 is 6.18 Å². The summed E-state index contributed by atoms with van der Waals surface area (Å²) < 4.78 is 63.6. The van der Waals surface area contributed by atoms with E-state index in [1.54, 1.807) is 40.0 Å². The van der Waals surface area contributed by atoms with Crippen molar-refractivity contribution in [2.24, 2.45) is 0 Å². The number of methoxy groups -OCH3 is 1. The van der Waals surface area contributed by atoms with Crippen molar-refractivity contribution in [2.45, 2.75) is 44.0 Å². The number of aromatic nitrogens is 4. The number of rotatable bonds is 7. The number of aliphatic hydroxyl groups is 1. The minimum atomic E-state index is -4.81. The third kappa shape index (κ3) is 5.84. The van der Waals surface area contributed by atoms with Gasteiger partial charge in [0.05, 0.1) is 25.4 Å². The topological polar surface area (TPSA) is 117 Å². The van der Waals surface area contributed by atoms with Crippen molar-refractivity contribution in [3.63, 3.8) is 0 Å². The Morgan fingerprint density at radius 1 is 1.07 bits per heavy atom. The van der Waals surface area contributed by atoms with Crippen LogP contribution in [0.3, 0.4) is 0 Å². The zero-order valence-electron chi connectivity index (χ0n) is 25.0. The molecule has 6 rings (SSSR count). The molecular weight excluding hydrogens is 608 g/mol. The van der Waals surface area contributed by atoms with E-state index in [0.29, 0.717) is 47.3 Å². The number of carbonyl (C=O) groups is 2. The minimum absolute atomic E-state index is 0.00202. The molecule has 1 saturated heterocycles. The van der Waals surface area contributed by atoms with Crippen LogP contribution in [0.15, 0.2) is 54.9 Å². The number of para-hydroxylation sites is 1. The van der Waals surface area contributed by atoms with E-state index in [1.807, 2.05) is 12.1 Å². The van der Waals surface area contributed by atoms with Crippen molar-refractivity contribution in [3.8, 4) is 16.9 Å². The SMILES string of the molecule is COc1ccccc1-c1cc(C2=CCCN(C(=O)CCn3ccnn3)C2)c(F)c2[nH]c(C(=O)N3CCC(O)(C(F)(F)F)CC3)cc12. The van der Waals surface area contributed by atoms with Crippen LogP contribution in [0, 0.1) is 5.82 Å². The van der Waals surface area contributed by atoms with Gasteiger partial charge < -0.3 is 24.6 Å². The zero-order valence-corrected chi connectivity index (χ0v) is 25.0. The van der Waals surface area contributed by atoms with E-state index < -0.39 is 36.3 Å². The summed E-state index contributed by atoms with van der Waals surface area (Å²) in [6.45, 7) is 0.379. The molecule has 242 valence electrons. The molecule has 0 atom stereocenters. The van der Waals surface area contributed by atoms with Gasteiger partial charge in [0.25, 0.3) is 5.91 Å². The van der Waals surface area contributed by atoms with Crippen LogP contribution in [0.25, 0.3) is 27.6 Å². The van der Waals surface area contributed by atoms with Gasteiger partial charge in [-0.3, -0.25) is 14.3 Å². The zero-order chi connectivity index (χ0) is 32.6. The number of ether oxygens (including phenoxy) is 1. The summed E-state index contributed by atoms with van der Waals surface area (Å²) in [4.78, 5) is 32.3. The highest BCUT2D eigenvalue weighted by atomic mass is 19.4. The van der Waals surface area contributed by atoms with Crippen LogP contribution in [-0.2, 0) is 11.3 Å². The van der Waals surface area contributed by atoms with Crippen LogP contribution in [0.2, 0.25) is 0 Å². The fourth-order valence-corrected chi connectivity index (χ4v) is 6.10. The van der Waals surface area contributed by atoms with Crippen LogP contribution in [0.4, 0.5) is 17.6 Å². The number of nitrogens with zero attached hydrogens (tertiary/aromatic N) is 5. The van der Waals surface area contributed by atoms with Crippen LogP contribution < -0.4 is 4.74 Å². The lowest BCUT2D eigenvalue weighted by Crippen LogP contribution is -2.54. The summed E-state index contributed by atoms with van der Waals surface area (Å²) in [5.41, 5.74) is -0.762. The standard InChI is InChI=1S/C32H32F4N6O4/c1-46-26-7-3-2-6-21(26)23-17-22(20-5-4-12-41(19-20)27(43)8-13-42-16-11-37-39-42)28(33)29-24(23)18-25(38-29)30(44)40-14-9-31(45,10-15-40)32(34,35)36/h2-3,5-7,11,16-18,38,45H,4,8-10,12-15,19H2,1H3. The van der Waals surface area contributed by atoms with Crippen molar-refractivity contribution in [2.75, 3.05) is 33.3 Å². The van der Waals surface area contributed by atoms with Crippen molar-refractivity contribution in [1.29, 1.82) is 0 Å². The lowest BCUT2D eigenvalue weighted by atomic mass is 9.90. The van der Waals surface area contributed by atoms with Crippen molar-refractivity contribution >= 4 is 28.3 Å². The highest BCUT2D eigenvalue weighted by Crippen LogP contribution is 2.41. The molecule has 0 bridgehead atoms. The minimum Gasteiger partial charge on any atom is -0.496 e. The van der Waals surface area contributed by atoms with Crippen molar-refractivity contribution < 1.29 is 37.0 Å². The number of aryl methyl sites for hydroxylation is 1. The number of benzene rings is 2. The number of likely N-dealkylation sites (tertiary alicyclic amines) is 1. The Hall–Kier alpha value is -4.72. The fourth-order valence-electron chi connectivity index (χ4n) is 6.10. The molecule has 46 heavy (non-hydrogen) atoms. The first-order valence-corrected chi connectivity index (χ1v) is 14.9. The van der Waals surface area contributed by atoms with E-state index in [4.69, 9.17) is 4.74 Å². The molecule has 14 heteroatoms. The third-order valence-corrected chi connectivity index (χ3v) is 8.76. The molecule has 0 spiro atoms. The summed E-state index contributed by atoms with van der Waals surface area (Å²) in [6, 6.07) is 10.3. The van der Waals surface area contributed by atoms with Gasteiger partial charge in [0.2, 0.25) is 5.91 Å². The summed E-state index contributed by atoms with van der Waals surface area (Å²) in [5, 5.41) is 18.1. The van der Waals surface area contributed by atoms with Crippen molar-refractivity contribution in [1.82, 2.24) is 29.8 Å². The molecule has 4 aromatic rings. The van der Waals surface area contributed by atoms with E-state index in [9.17, 15) is 27.9 Å². The van der Waals surface area contributed by atoms with E-state index in [0.717, 1.165) is 0 Å². The molecule has 2 aromatic heterocycles. The Labute approximate surface area is 261 Å². The molecule has 2 aliphatic heterocycles. The number of piperidine rings is 1. The molecule has 2 aromatic carbocycles. The predicted octanol–water partition coefficient (Wildman–Crippen LogP) is 4.81. The molecule has 4 heterocycles. The highest BCUT2D eigenvalue weighted by Gasteiger charge is 2.55. The second kappa shape index (κ2) is 12.2. The summed E-state index contributed by atoms with van der Waals surface area (Å²) in [5.74, 6) is -0.825. The van der Waals surface area contributed by atoms with Gasteiger partial charge in [-0.05, 0) is 35.8 Å². The summed E-state index contributed by atoms with van der Waals surface area (Å²) in [7, 11) is 1.51. The first-order valence-electron chi connectivity index (χ1n) is 14.9. The Balaban J connectivity index is 1.34. The van der Waals surface area contributed by atoms with Crippen LogP contribution in [0.5, 0.6) is 5.75 Å². The van der Waals surface area contributed by atoms with Gasteiger partial charge in [-0.25, -0.2) is 4.39 Å². The van der Waals surface area contributed by atoms with Gasteiger partial charge in [0.1, 0.15) is 11.4 Å². The van der Waals surface area contributed by atoms with Gasteiger partial charge in [0.15, 0.2) is 11.4 Å². The maximum Gasteiger partial charge on any atom is 0.417 e. The number of halogens is 4. The highest BCUT2D eigenvalue weighted by molar-refractivity contribution is 6.05. The number of fused-ring (bicyclic) bond motifs is 1. The molecule has 0 radical (unpaired) electrons. The number of nitrogens with one attached hydrogen (secondary N) is 1. The second-order valence-corrected chi connectivity index (χ2v) is 11.5. The molecule has 2 N–H and O–H groups in total. The number of hydrogen-bond donors (Lipinski definition) is 2. The lowest BCUT2D eigenvalue weighted by Gasteiger charge is -2.38. The largest absolute Gasteiger partial charge is 0.496 e. The first kappa shape index (κ1) is 31.3. The second-order valence-electron chi connectivity index (χ2n) is 11.5. The van der Waals surface area contributed by atoms with Gasteiger partial charge in [0, 0.05) is 68.2 Å². The molecule has 0 aliphatic carbocycles. The molecule has 2 aliphatic rings. The van der Waals surface area contributed by atoms with Crippen LogP contribution in [-0.4, -0.2) is 91.8 Å². The average Bonchev–Trinajstić information content (AvgIpc) is 3.75. The Morgan fingerprint density at radius 3 is 2.52 bits per heavy atom. The molecular formula is C32H32F4N6O4. The number of amides is 2. The van der Waals surface area contributed by atoms with Gasteiger partial charge in [-0.1, -0.05) is 29.5 Å². The van der Waals surface area contributed by atoms with Gasteiger partial charge in [-0.2, -0.15) is 13.2 Å². The molecule has 0 saturated carbocycles. The van der Waals surface area contributed by atoms with E-state index >= 15 is 4.39 Å². The van der Waals surface area contributed by atoms with E-state index in [2.05, 4.69) is 15.3 Å². The Kier molecular flexibility index (Phi) is 8.32. The number of H-pyrrole nitrogens is 1. The summed E-state index contributed by atoms with van der Waals surface area (Å²) >= 11 is 0. The quantitative estimate of drug-likeness (QED) is 0.280. The third-order valence-electron chi connectivity index (χ3n) is 8.76. The monoisotopic (exact) mass is 640 g/mol. The van der Waals surface area contributed by atoms with Gasteiger partial charge in [-0.15, -0.1) is 5.10 Å². The van der Waals surface area contributed by atoms with Crippen molar-refractivity contribution in [3.05, 3.63) is 71.9 Å². The lowest BCUT2D eigenvalue weighted by molar-refractivity contribution is -0.271. The predicted molar refractivity (Wildman–Crippen MR) is 160 cm³/mol. The average molecular weight is 641 g/mol. The summed E-state index contributed by atoms with van der Waals surface area (Å²) in [6.07, 6.45) is -0.320. The number of hydrogen-bond acceptors (Lipinski definition) is 6. The maximum atomic E-state index is 16.4. The van der Waals surface area contributed by atoms with E-state index in [1.165, 1.54) is 24.3 Å². The van der Waals surface area contributed by atoms with E-state index in [-0.39, 0.29) is 48.7 Å². The fraction of sp³-hybridized carbons (Fsp3) is 0.375. The number of alkyl halides is 3. The van der Waals surface area contributed by atoms with Crippen LogP contribution >= 0.6 is 0 Å².